The number of amides is 4. The normalized spacial score (nSPS) is 15.2. The SMILES string of the molecule is Cc1ncc(-c2ccnc(Cc3ccc(S(=O)(=O)CCCCCc4cn(CCOCCOCCOCCNc5cccc6c5C(=O)N(C5CCC(=O)NC5=O)C6=O)nn4)cc3)n2)n1C(C)C. The fourth-order valence-electron chi connectivity index (χ4n) is 7.99. The van der Waals surface area contributed by atoms with Crippen molar-refractivity contribution in [2.24, 2.45) is 0 Å². The first-order valence-corrected chi connectivity index (χ1v) is 23.9. The van der Waals surface area contributed by atoms with Crippen molar-refractivity contribution in [3.63, 3.8) is 0 Å². The van der Waals surface area contributed by atoms with Gasteiger partial charge in [0, 0.05) is 43.5 Å². The maximum absolute atomic E-state index is 13.2. The van der Waals surface area contributed by atoms with Gasteiger partial charge >= 0.3 is 0 Å². The molecule has 0 radical (unpaired) electrons. The van der Waals surface area contributed by atoms with Gasteiger partial charge < -0.3 is 24.1 Å². The number of imidazole rings is 1. The highest BCUT2D eigenvalue weighted by Crippen LogP contribution is 2.32. The predicted molar refractivity (Wildman–Crippen MR) is 241 cm³/mol. The molecule has 5 heterocycles. The van der Waals surface area contributed by atoms with Gasteiger partial charge in [0.2, 0.25) is 11.8 Å². The largest absolute Gasteiger partial charge is 0.382 e. The summed E-state index contributed by atoms with van der Waals surface area (Å²) in [5, 5.41) is 13.8. The Kier molecular flexibility index (Phi) is 16.1. The van der Waals surface area contributed by atoms with E-state index in [0.717, 1.165) is 46.2 Å². The van der Waals surface area contributed by atoms with Crippen LogP contribution < -0.4 is 10.6 Å². The molecule has 7 rings (SSSR count). The molecule has 1 atom stereocenters. The van der Waals surface area contributed by atoms with Crippen LogP contribution in [0.3, 0.4) is 0 Å². The molecule has 2 aliphatic heterocycles. The van der Waals surface area contributed by atoms with Crippen molar-refractivity contribution in [1.29, 1.82) is 0 Å². The highest BCUT2D eigenvalue weighted by atomic mass is 32.2. The van der Waals surface area contributed by atoms with Crippen molar-refractivity contribution >= 4 is 39.2 Å². The number of rotatable bonds is 25. The second kappa shape index (κ2) is 22.3. The lowest BCUT2D eigenvalue weighted by Gasteiger charge is -2.27. The third-order valence-electron chi connectivity index (χ3n) is 11.3. The summed E-state index contributed by atoms with van der Waals surface area (Å²) in [5.41, 5.74) is 4.38. The molecule has 3 aromatic heterocycles. The van der Waals surface area contributed by atoms with Crippen molar-refractivity contribution in [1.82, 2.24) is 44.7 Å². The Labute approximate surface area is 383 Å². The Morgan fingerprint density at radius 1 is 0.879 bits per heavy atom. The van der Waals surface area contributed by atoms with Crippen LogP contribution in [0, 0.1) is 6.92 Å². The van der Waals surface area contributed by atoms with Gasteiger partial charge in [0.15, 0.2) is 9.84 Å². The lowest BCUT2D eigenvalue weighted by Crippen LogP contribution is -2.54. The molecule has 5 aromatic rings. The number of fused-ring (bicyclic) bond motifs is 1. The van der Waals surface area contributed by atoms with Crippen LogP contribution in [0.4, 0.5) is 5.69 Å². The molecule has 0 spiro atoms. The fraction of sp³-hybridized carbons (Fsp3) is 0.457. The maximum atomic E-state index is 13.2. The summed E-state index contributed by atoms with van der Waals surface area (Å²) >= 11 is 0. The average molecular weight is 925 g/mol. The predicted octanol–water partition coefficient (Wildman–Crippen LogP) is 4.16. The van der Waals surface area contributed by atoms with E-state index in [-0.39, 0.29) is 35.8 Å². The van der Waals surface area contributed by atoms with Gasteiger partial charge in [-0.15, -0.1) is 5.10 Å². The zero-order valence-corrected chi connectivity index (χ0v) is 38.3. The lowest BCUT2D eigenvalue weighted by molar-refractivity contribution is -0.136. The number of nitrogens with zero attached hydrogens (tertiary/aromatic N) is 8. The summed E-state index contributed by atoms with van der Waals surface area (Å²) in [6.45, 7) is 9.35. The average Bonchev–Trinajstić information content (AvgIpc) is 3.99. The molecule has 0 bridgehead atoms. The highest BCUT2D eigenvalue weighted by Gasteiger charge is 2.45. The van der Waals surface area contributed by atoms with E-state index >= 15 is 0 Å². The second-order valence-corrected chi connectivity index (χ2v) is 18.5. The third kappa shape index (κ3) is 12.0. The first-order valence-electron chi connectivity index (χ1n) is 22.3. The van der Waals surface area contributed by atoms with Gasteiger partial charge in [0.1, 0.15) is 17.7 Å². The van der Waals surface area contributed by atoms with E-state index in [0.29, 0.717) is 88.4 Å². The first-order chi connectivity index (χ1) is 31.9. The van der Waals surface area contributed by atoms with Gasteiger partial charge in [0.05, 0.1) is 91.2 Å². The van der Waals surface area contributed by atoms with Gasteiger partial charge in [-0.25, -0.2) is 28.1 Å². The number of aryl methyl sites for hydroxylation is 2. The molecule has 20 heteroatoms. The summed E-state index contributed by atoms with van der Waals surface area (Å²) < 4.78 is 47.0. The minimum Gasteiger partial charge on any atom is -0.382 e. The quantitative estimate of drug-likeness (QED) is 0.0618. The standard InChI is InChI=1S/C46H56N10O9S/c1-31(2)55-32(3)49-29-40(55)37-17-18-48-41(50-37)28-33-11-13-35(14-12-33)66(61,62)27-6-4-5-8-34-30-54(53-52-34)20-22-64-24-26-65-25-23-63-21-19-47-38-10-7-9-36-43(38)46(60)56(45(36)59)39-15-16-42(57)51-44(39)58/h7,9-14,17-18,29-31,39,47H,4-6,8,15-16,19-28H2,1-3H3,(H,51,57,58). The number of hydrogen-bond acceptors (Lipinski definition) is 15. The van der Waals surface area contributed by atoms with Crippen LogP contribution in [0.1, 0.15) is 95.6 Å². The maximum Gasteiger partial charge on any atom is 0.264 e. The van der Waals surface area contributed by atoms with Gasteiger partial charge in [-0.1, -0.05) is 29.8 Å². The van der Waals surface area contributed by atoms with Crippen LogP contribution in [0.5, 0.6) is 0 Å². The number of carbonyl (C=O) groups is 4. The van der Waals surface area contributed by atoms with Gasteiger partial charge in [-0.2, -0.15) is 0 Å². The molecule has 66 heavy (non-hydrogen) atoms. The monoisotopic (exact) mass is 924 g/mol. The van der Waals surface area contributed by atoms with Gasteiger partial charge in [-0.3, -0.25) is 29.4 Å². The molecule has 350 valence electrons. The molecular formula is C46H56N10O9S. The molecule has 19 nitrogen and oxygen atoms in total. The van der Waals surface area contributed by atoms with E-state index in [1.807, 2.05) is 37.5 Å². The summed E-state index contributed by atoms with van der Waals surface area (Å²) in [6, 6.07) is 13.0. The zero-order valence-electron chi connectivity index (χ0n) is 37.5. The Bertz CT molecular complexity index is 2610. The number of sulfone groups is 1. The Morgan fingerprint density at radius 3 is 2.39 bits per heavy atom. The van der Waals surface area contributed by atoms with Crippen LogP contribution >= 0.6 is 0 Å². The molecule has 1 unspecified atom stereocenters. The molecule has 0 aliphatic carbocycles. The minimum absolute atomic E-state index is 0.0560. The second-order valence-electron chi connectivity index (χ2n) is 16.4. The number of unbranched alkanes of at least 4 members (excludes halogenated alkanes) is 2. The summed E-state index contributed by atoms with van der Waals surface area (Å²) in [6.07, 6.45) is 8.87. The topological polar surface area (TPSA) is 232 Å². The molecule has 2 aromatic carbocycles. The summed E-state index contributed by atoms with van der Waals surface area (Å²) in [7, 11) is -3.43. The lowest BCUT2D eigenvalue weighted by atomic mass is 10.0. The van der Waals surface area contributed by atoms with Gasteiger partial charge in [-0.05, 0) is 82.3 Å². The van der Waals surface area contributed by atoms with Crippen molar-refractivity contribution in [3.8, 4) is 11.4 Å². The number of carbonyl (C=O) groups excluding carboxylic acids is 4. The number of ether oxygens (including phenoxy) is 3. The summed E-state index contributed by atoms with van der Waals surface area (Å²) in [4.78, 5) is 65.1. The molecule has 1 fully saturated rings. The van der Waals surface area contributed by atoms with E-state index in [2.05, 4.69) is 49.3 Å². The van der Waals surface area contributed by atoms with Gasteiger partial charge in [0.25, 0.3) is 11.8 Å². The summed E-state index contributed by atoms with van der Waals surface area (Å²) in [5.74, 6) is -0.557. The molecule has 1 saturated heterocycles. The van der Waals surface area contributed by atoms with Crippen LogP contribution in [0.2, 0.25) is 0 Å². The van der Waals surface area contributed by atoms with E-state index in [1.165, 1.54) is 0 Å². The van der Waals surface area contributed by atoms with Crippen LogP contribution in [0.25, 0.3) is 11.4 Å². The smallest absolute Gasteiger partial charge is 0.264 e. The number of piperidine rings is 1. The first kappa shape index (κ1) is 47.7. The number of hydrogen-bond donors (Lipinski definition) is 2. The molecule has 0 saturated carbocycles. The Hall–Kier alpha value is -6.22. The van der Waals surface area contributed by atoms with Crippen molar-refractivity contribution < 1.29 is 41.8 Å². The van der Waals surface area contributed by atoms with Crippen molar-refractivity contribution in [2.45, 2.75) is 89.2 Å². The highest BCUT2D eigenvalue weighted by molar-refractivity contribution is 7.91. The van der Waals surface area contributed by atoms with Crippen LogP contribution in [-0.4, -0.2) is 129 Å². The zero-order chi connectivity index (χ0) is 46.6. The molecule has 2 aliphatic rings. The fourth-order valence-corrected chi connectivity index (χ4v) is 9.36. The number of benzene rings is 2. The molecular weight excluding hydrogens is 869 g/mol. The van der Waals surface area contributed by atoms with Crippen molar-refractivity contribution in [3.05, 3.63) is 101 Å². The van der Waals surface area contributed by atoms with Crippen LogP contribution in [-0.2, 0) is 53.0 Å². The number of aromatic nitrogens is 7. The van der Waals surface area contributed by atoms with E-state index < -0.39 is 39.5 Å². The number of imide groups is 2. The molecule has 2 N–H and O–H groups in total. The van der Waals surface area contributed by atoms with Crippen molar-refractivity contribution in [2.75, 3.05) is 57.3 Å². The van der Waals surface area contributed by atoms with E-state index in [9.17, 15) is 27.6 Å². The van der Waals surface area contributed by atoms with E-state index in [1.54, 1.807) is 41.2 Å². The Balaban J connectivity index is 0.709. The number of anilines is 1. The molecule has 4 amide bonds. The Morgan fingerprint density at radius 2 is 1.64 bits per heavy atom. The number of nitrogens with one attached hydrogen (secondary N) is 2. The minimum atomic E-state index is -3.43. The van der Waals surface area contributed by atoms with Crippen LogP contribution in [0.15, 0.2) is 72.0 Å². The third-order valence-corrected chi connectivity index (χ3v) is 13.1. The van der Waals surface area contributed by atoms with E-state index in [4.69, 9.17) is 19.2 Å².